The first-order valence-corrected chi connectivity index (χ1v) is 26.4. The summed E-state index contributed by atoms with van der Waals surface area (Å²) in [5, 5.41) is 9.62. The quantitative estimate of drug-likeness (QED) is 0.0374. The average molecular weight is 909 g/mol. The number of hydrogen-bond acceptors (Lipinski definition) is 5. The molecule has 0 aromatic heterocycles. The number of esters is 2. The first-order chi connectivity index (χ1) is 32.6. The first kappa shape index (κ1) is 61.8. The Hall–Kier alpha value is -4.22. The molecule has 370 valence electrons. The van der Waals surface area contributed by atoms with Crippen LogP contribution in [-0.4, -0.2) is 36.4 Å². The fourth-order valence-electron chi connectivity index (χ4n) is 6.67. The van der Waals surface area contributed by atoms with Gasteiger partial charge in [-0.1, -0.05) is 217 Å². The lowest BCUT2D eigenvalue weighted by Crippen LogP contribution is -2.28. The molecule has 0 amide bonds. The molecule has 0 heterocycles. The van der Waals surface area contributed by atoms with E-state index in [0.717, 1.165) is 128 Å². The molecule has 0 saturated carbocycles. The molecule has 0 aromatic carbocycles. The van der Waals surface area contributed by atoms with E-state index < -0.39 is 6.10 Å². The topological polar surface area (TPSA) is 72.8 Å². The first-order valence-electron chi connectivity index (χ1n) is 26.4. The highest BCUT2D eigenvalue weighted by Crippen LogP contribution is 2.12. The van der Waals surface area contributed by atoms with Gasteiger partial charge in [0.15, 0.2) is 6.10 Å². The van der Waals surface area contributed by atoms with Crippen molar-refractivity contribution in [1.29, 1.82) is 0 Å². The third-order valence-corrected chi connectivity index (χ3v) is 10.6. The highest BCUT2D eigenvalue weighted by atomic mass is 16.6. The van der Waals surface area contributed by atoms with Crippen LogP contribution < -0.4 is 0 Å². The zero-order chi connectivity index (χ0) is 47.7. The highest BCUT2D eigenvalue weighted by molar-refractivity contribution is 5.70. The van der Waals surface area contributed by atoms with Gasteiger partial charge in [0.2, 0.25) is 0 Å². The van der Waals surface area contributed by atoms with Gasteiger partial charge in [0, 0.05) is 12.8 Å². The number of aliphatic hydroxyl groups is 1. The number of ether oxygens (including phenoxy) is 2. The summed E-state index contributed by atoms with van der Waals surface area (Å²) < 4.78 is 10.6. The van der Waals surface area contributed by atoms with Crippen molar-refractivity contribution in [3.05, 3.63) is 146 Å². The maximum Gasteiger partial charge on any atom is 0.306 e. The molecule has 0 aliphatic carbocycles. The monoisotopic (exact) mass is 909 g/mol. The van der Waals surface area contributed by atoms with Crippen LogP contribution in [0.25, 0.3) is 0 Å². The van der Waals surface area contributed by atoms with Gasteiger partial charge in [-0.15, -0.1) is 0 Å². The third kappa shape index (κ3) is 52.4. The van der Waals surface area contributed by atoms with Crippen molar-refractivity contribution in [1.82, 2.24) is 0 Å². The van der Waals surface area contributed by atoms with Gasteiger partial charge >= 0.3 is 11.9 Å². The van der Waals surface area contributed by atoms with E-state index in [1.54, 1.807) is 0 Å². The number of hydrogen-bond donors (Lipinski definition) is 1. The van der Waals surface area contributed by atoms with Gasteiger partial charge in [0.25, 0.3) is 0 Å². The molecule has 0 saturated heterocycles. The second-order valence-electron chi connectivity index (χ2n) is 16.9. The number of rotatable bonds is 46. The molecule has 1 N–H and O–H groups in total. The van der Waals surface area contributed by atoms with Crippen LogP contribution in [0.3, 0.4) is 0 Å². The zero-order valence-corrected chi connectivity index (χ0v) is 42.1. The SMILES string of the molecule is CC/C=C\C/C=C\C/C=C\C/C=C\C/C=C\C/C=C\C/C=C\C/C=C\C/C=C\C/C=C\CCCCCCC(=O)OC(CO)COC(=O)CCCCCCCCC/C=C\C/C=C\CCCCC. The summed E-state index contributed by atoms with van der Waals surface area (Å²) in [5.41, 5.74) is 0. The second kappa shape index (κ2) is 55.1. The van der Waals surface area contributed by atoms with Crippen LogP contribution in [-0.2, 0) is 19.1 Å². The van der Waals surface area contributed by atoms with Gasteiger partial charge in [-0.25, -0.2) is 0 Å². The van der Waals surface area contributed by atoms with Crippen molar-refractivity contribution in [3.8, 4) is 0 Å². The Kier molecular flexibility index (Phi) is 51.6. The molecule has 0 aliphatic heterocycles. The lowest BCUT2D eigenvalue weighted by atomic mass is 10.1. The van der Waals surface area contributed by atoms with Crippen molar-refractivity contribution < 1.29 is 24.2 Å². The average Bonchev–Trinajstić information content (AvgIpc) is 3.32. The van der Waals surface area contributed by atoms with Gasteiger partial charge in [0.1, 0.15) is 6.61 Å². The highest BCUT2D eigenvalue weighted by Gasteiger charge is 2.16. The maximum absolute atomic E-state index is 12.3. The zero-order valence-electron chi connectivity index (χ0n) is 42.1. The molecular weight excluding hydrogens is 813 g/mol. The number of unbranched alkanes of at least 4 members (excludes halogenated alkanes) is 14. The molecule has 0 fully saturated rings. The molecule has 0 radical (unpaired) electrons. The van der Waals surface area contributed by atoms with Crippen LogP contribution in [0.2, 0.25) is 0 Å². The molecular formula is C61H96O5. The van der Waals surface area contributed by atoms with Crippen LogP contribution in [0.15, 0.2) is 146 Å². The van der Waals surface area contributed by atoms with Gasteiger partial charge in [-0.05, 0) is 122 Å². The van der Waals surface area contributed by atoms with Crippen molar-refractivity contribution in [2.24, 2.45) is 0 Å². The fraction of sp³-hybridized carbons (Fsp3) is 0.574. The minimum atomic E-state index is -0.800. The van der Waals surface area contributed by atoms with E-state index in [1.807, 2.05) is 0 Å². The summed E-state index contributed by atoms with van der Waals surface area (Å²) in [5.74, 6) is -0.640. The van der Waals surface area contributed by atoms with E-state index >= 15 is 0 Å². The molecule has 66 heavy (non-hydrogen) atoms. The lowest BCUT2D eigenvalue weighted by molar-refractivity contribution is -0.161. The molecule has 1 unspecified atom stereocenters. The van der Waals surface area contributed by atoms with Crippen molar-refractivity contribution in [2.45, 2.75) is 213 Å². The van der Waals surface area contributed by atoms with E-state index in [9.17, 15) is 14.7 Å². The maximum atomic E-state index is 12.3. The van der Waals surface area contributed by atoms with E-state index in [1.165, 1.54) is 51.4 Å². The van der Waals surface area contributed by atoms with E-state index in [-0.39, 0.29) is 25.2 Å². The molecule has 0 rings (SSSR count). The Morgan fingerprint density at radius 2 is 0.652 bits per heavy atom. The Labute approximate surface area is 406 Å². The van der Waals surface area contributed by atoms with Crippen LogP contribution in [0, 0.1) is 0 Å². The smallest absolute Gasteiger partial charge is 0.306 e. The Bertz CT molecular complexity index is 1450. The summed E-state index contributed by atoms with van der Waals surface area (Å²) in [6.07, 6.45) is 83.6. The van der Waals surface area contributed by atoms with Crippen LogP contribution in [0.5, 0.6) is 0 Å². The predicted octanol–water partition coefficient (Wildman–Crippen LogP) is 17.9. The standard InChI is InChI=1S/C61H96O5/c1-3-5-7-9-11-13-15-17-19-21-22-23-24-25-26-27-28-29-30-31-32-33-34-35-36-37-38-40-42-44-46-48-50-52-54-56-61(64)66-59(57-62)58-65-60(63)55-53-51-49-47-45-43-41-39-20-18-16-14-12-10-8-6-4-2/h5,7,11-14,17-20,22-23,25-26,28-29,31-32,34-35,37-38,42,44,59,62H,3-4,6,8-10,15-16,21,24,27,30,33,36,39-41,43,45-58H2,1-2H3/b7-5-,13-11-,14-12-,19-17-,20-18-,23-22-,26-25-,29-28-,32-31-,35-34-,38-37-,44-42-. The molecule has 0 bridgehead atoms. The predicted molar refractivity (Wildman–Crippen MR) is 287 cm³/mol. The Morgan fingerprint density at radius 3 is 0.985 bits per heavy atom. The summed E-state index contributed by atoms with van der Waals surface area (Å²) >= 11 is 0. The third-order valence-electron chi connectivity index (χ3n) is 10.6. The van der Waals surface area contributed by atoms with E-state index in [2.05, 4.69) is 160 Å². The van der Waals surface area contributed by atoms with Gasteiger partial charge in [-0.3, -0.25) is 9.59 Å². The molecule has 5 nitrogen and oxygen atoms in total. The normalized spacial score (nSPS) is 13.4. The van der Waals surface area contributed by atoms with Gasteiger partial charge in [-0.2, -0.15) is 0 Å². The number of carbonyl (C=O) groups excluding carboxylic acids is 2. The molecule has 5 heteroatoms. The van der Waals surface area contributed by atoms with E-state index in [0.29, 0.717) is 12.8 Å². The van der Waals surface area contributed by atoms with Gasteiger partial charge in [0.05, 0.1) is 6.61 Å². The minimum absolute atomic E-state index is 0.0899. The molecule has 0 aromatic rings. The van der Waals surface area contributed by atoms with Crippen molar-refractivity contribution in [2.75, 3.05) is 13.2 Å². The van der Waals surface area contributed by atoms with E-state index in [4.69, 9.17) is 9.47 Å². The lowest BCUT2D eigenvalue weighted by Gasteiger charge is -2.15. The number of aliphatic hydroxyl groups excluding tert-OH is 1. The van der Waals surface area contributed by atoms with Crippen molar-refractivity contribution >= 4 is 11.9 Å². The summed E-state index contributed by atoms with van der Waals surface area (Å²) in [6.45, 7) is 3.96. The minimum Gasteiger partial charge on any atom is -0.462 e. The molecule has 1 atom stereocenters. The second-order valence-corrected chi connectivity index (χ2v) is 16.9. The summed E-state index contributed by atoms with van der Waals surface area (Å²) in [7, 11) is 0. The van der Waals surface area contributed by atoms with Crippen LogP contribution in [0.1, 0.15) is 206 Å². The van der Waals surface area contributed by atoms with Crippen LogP contribution in [0.4, 0.5) is 0 Å². The molecule has 0 spiro atoms. The summed E-state index contributed by atoms with van der Waals surface area (Å²) in [6, 6.07) is 0. The number of allylic oxidation sites excluding steroid dienone is 24. The fourth-order valence-corrected chi connectivity index (χ4v) is 6.67. The van der Waals surface area contributed by atoms with Gasteiger partial charge < -0.3 is 14.6 Å². The Balaban J connectivity index is 3.68. The van der Waals surface area contributed by atoms with Crippen LogP contribution >= 0.6 is 0 Å². The number of carbonyl (C=O) groups is 2. The molecule has 0 aliphatic rings. The largest absolute Gasteiger partial charge is 0.462 e. The van der Waals surface area contributed by atoms with Crippen molar-refractivity contribution in [3.63, 3.8) is 0 Å². The Morgan fingerprint density at radius 1 is 0.364 bits per heavy atom. The summed E-state index contributed by atoms with van der Waals surface area (Å²) in [4.78, 5) is 24.4.